The van der Waals surface area contributed by atoms with Crippen LogP contribution in [0.25, 0.3) is 0 Å². The fraction of sp³-hybridized carbons (Fsp3) is 0.118. The number of carbonyl (C=O) groups excluding carboxylic acids is 1. The van der Waals surface area contributed by atoms with E-state index in [0.717, 1.165) is 5.56 Å². The van der Waals surface area contributed by atoms with Gasteiger partial charge in [0.25, 0.3) is 5.91 Å². The summed E-state index contributed by atoms with van der Waals surface area (Å²) < 4.78 is 13.3. The molecule has 0 aromatic heterocycles. The molecule has 0 spiro atoms. The van der Waals surface area contributed by atoms with Crippen molar-refractivity contribution in [1.29, 1.82) is 0 Å². The molecule has 2 aromatic rings. The third-order valence-corrected chi connectivity index (χ3v) is 3.01. The molecule has 0 radical (unpaired) electrons. The molecule has 0 aliphatic carbocycles. The third-order valence-electron chi connectivity index (χ3n) is 2.77. The molecule has 0 saturated carbocycles. The lowest BCUT2D eigenvalue weighted by Gasteiger charge is -2.02. The number of amides is 1. The van der Waals surface area contributed by atoms with Crippen LogP contribution in [0.2, 0.25) is 5.02 Å². The molecule has 1 N–H and O–H groups in total. The van der Waals surface area contributed by atoms with Gasteiger partial charge in [0, 0.05) is 17.5 Å². The van der Waals surface area contributed by atoms with Crippen molar-refractivity contribution in [3.8, 4) is 11.8 Å². The van der Waals surface area contributed by atoms with Crippen LogP contribution < -0.4 is 5.32 Å². The molecule has 106 valence electrons. The Hall–Kier alpha value is -2.31. The van der Waals surface area contributed by atoms with Gasteiger partial charge in [-0.05, 0) is 36.2 Å². The Kier molecular flexibility index (Phi) is 5.36. The molecule has 0 unspecified atom stereocenters. The number of carbonyl (C=O) groups is 1. The fourth-order valence-electron chi connectivity index (χ4n) is 1.74. The zero-order valence-electron chi connectivity index (χ0n) is 11.2. The minimum absolute atomic E-state index is 0.211. The molecule has 0 bridgehead atoms. The summed E-state index contributed by atoms with van der Waals surface area (Å²) in [7, 11) is 0. The zero-order valence-corrected chi connectivity index (χ0v) is 12.0. The molecule has 4 heteroatoms. The average Bonchev–Trinajstić information content (AvgIpc) is 2.46. The number of rotatable bonds is 3. The molecule has 0 aliphatic heterocycles. The summed E-state index contributed by atoms with van der Waals surface area (Å²) in [5, 5.41) is 3.33. The molecule has 0 atom stereocenters. The highest BCUT2D eigenvalue weighted by Gasteiger charge is 1.99. The molecule has 1 amide bonds. The number of halogens is 2. The van der Waals surface area contributed by atoms with E-state index in [2.05, 4.69) is 17.2 Å². The molecule has 0 heterocycles. The quantitative estimate of drug-likeness (QED) is 0.867. The predicted octanol–water partition coefficient (Wildman–Crippen LogP) is 3.19. The van der Waals surface area contributed by atoms with Gasteiger partial charge in [0.1, 0.15) is 5.82 Å². The first-order chi connectivity index (χ1) is 10.1. The number of benzene rings is 2. The largest absolute Gasteiger partial charge is 0.345 e. The van der Waals surface area contributed by atoms with Crippen molar-refractivity contribution in [1.82, 2.24) is 5.32 Å². The van der Waals surface area contributed by atoms with Crippen molar-refractivity contribution >= 4 is 17.5 Å². The van der Waals surface area contributed by atoms with Gasteiger partial charge in [-0.15, -0.1) is 0 Å². The van der Waals surface area contributed by atoms with Crippen LogP contribution in [0.5, 0.6) is 0 Å². The van der Waals surface area contributed by atoms with E-state index < -0.39 is 11.7 Å². The summed E-state index contributed by atoms with van der Waals surface area (Å²) in [6.07, 6.45) is 0.660. The van der Waals surface area contributed by atoms with Crippen molar-refractivity contribution in [3.63, 3.8) is 0 Å². The maximum atomic E-state index is 13.3. The summed E-state index contributed by atoms with van der Waals surface area (Å²) in [5.41, 5.74) is 1.24. The lowest BCUT2D eigenvalue weighted by Crippen LogP contribution is -2.24. The van der Waals surface area contributed by atoms with Gasteiger partial charge in [-0.3, -0.25) is 4.79 Å². The molecular weight excluding hydrogens is 289 g/mol. The standard InChI is InChI=1S/C17H13ClFNO/c18-15-6-3-4-13(12-15)10-11-20-17(21)9-8-14-5-1-2-7-16(14)19/h1-7,12H,10-11H2,(H,20,21). The molecule has 2 aromatic carbocycles. The number of nitrogens with one attached hydrogen (secondary N) is 1. The van der Waals surface area contributed by atoms with Crippen molar-refractivity contribution < 1.29 is 9.18 Å². The first-order valence-corrected chi connectivity index (χ1v) is 6.82. The van der Waals surface area contributed by atoms with Crippen LogP contribution in [0.15, 0.2) is 48.5 Å². The highest BCUT2D eigenvalue weighted by molar-refractivity contribution is 6.30. The summed E-state index contributed by atoms with van der Waals surface area (Å²) in [6.45, 7) is 0.450. The topological polar surface area (TPSA) is 29.1 Å². The monoisotopic (exact) mass is 301 g/mol. The molecule has 2 nitrogen and oxygen atoms in total. The van der Waals surface area contributed by atoms with E-state index >= 15 is 0 Å². The molecule has 0 saturated heterocycles. The van der Waals surface area contributed by atoms with E-state index in [0.29, 0.717) is 18.0 Å². The fourth-order valence-corrected chi connectivity index (χ4v) is 1.96. The average molecular weight is 302 g/mol. The Morgan fingerprint density at radius 2 is 2.00 bits per heavy atom. The van der Waals surface area contributed by atoms with Gasteiger partial charge in [-0.1, -0.05) is 41.8 Å². The van der Waals surface area contributed by atoms with Gasteiger partial charge in [0.2, 0.25) is 0 Å². The number of hydrogen-bond acceptors (Lipinski definition) is 1. The van der Waals surface area contributed by atoms with Gasteiger partial charge >= 0.3 is 0 Å². The van der Waals surface area contributed by atoms with Crippen molar-refractivity contribution in [2.75, 3.05) is 6.54 Å². The highest BCUT2D eigenvalue weighted by Crippen LogP contribution is 2.10. The maximum absolute atomic E-state index is 13.3. The van der Waals surface area contributed by atoms with Crippen LogP contribution in [0.3, 0.4) is 0 Å². The van der Waals surface area contributed by atoms with Gasteiger partial charge in [0.15, 0.2) is 0 Å². The molecular formula is C17H13ClFNO. The zero-order chi connectivity index (χ0) is 15.1. The summed E-state index contributed by atoms with van der Waals surface area (Å²) in [5.74, 6) is 4.02. The lowest BCUT2D eigenvalue weighted by atomic mass is 10.1. The SMILES string of the molecule is O=C(C#Cc1ccccc1F)NCCc1cccc(Cl)c1. The van der Waals surface area contributed by atoms with E-state index in [1.54, 1.807) is 18.2 Å². The van der Waals surface area contributed by atoms with Crippen LogP contribution in [0, 0.1) is 17.7 Å². The Labute approximate surface area is 127 Å². The van der Waals surface area contributed by atoms with Gasteiger partial charge in [0.05, 0.1) is 5.56 Å². The minimum atomic E-state index is -0.434. The second-order valence-electron chi connectivity index (χ2n) is 4.37. The first kappa shape index (κ1) is 15.1. The van der Waals surface area contributed by atoms with Crippen LogP contribution in [0.1, 0.15) is 11.1 Å². The van der Waals surface area contributed by atoms with Gasteiger partial charge in [-0.25, -0.2) is 4.39 Å². The van der Waals surface area contributed by atoms with Crippen molar-refractivity contribution in [2.24, 2.45) is 0 Å². The summed E-state index contributed by atoms with van der Waals surface area (Å²) >= 11 is 5.87. The summed E-state index contributed by atoms with van der Waals surface area (Å²) in [6, 6.07) is 13.5. The molecule has 21 heavy (non-hydrogen) atoms. The smallest absolute Gasteiger partial charge is 0.296 e. The predicted molar refractivity (Wildman–Crippen MR) is 81.4 cm³/mol. The van der Waals surface area contributed by atoms with E-state index in [1.807, 2.05) is 18.2 Å². The van der Waals surface area contributed by atoms with E-state index in [4.69, 9.17) is 11.6 Å². The van der Waals surface area contributed by atoms with Gasteiger partial charge in [-0.2, -0.15) is 0 Å². The van der Waals surface area contributed by atoms with Crippen LogP contribution in [-0.4, -0.2) is 12.5 Å². The van der Waals surface area contributed by atoms with Crippen LogP contribution in [0.4, 0.5) is 4.39 Å². The van der Waals surface area contributed by atoms with Gasteiger partial charge < -0.3 is 5.32 Å². The Bertz CT molecular complexity index is 703. The Morgan fingerprint density at radius 1 is 1.19 bits per heavy atom. The van der Waals surface area contributed by atoms with E-state index in [-0.39, 0.29) is 5.56 Å². The maximum Gasteiger partial charge on any atom is 0.296 e. The van der Waals surface area contributed by atoms with Crippen molar-refractivity contribution in [2.45, 2.75) is 6.42 Å². The lowest BCUT2D eigenvalue weighted by molar-refractivity contribution is -0.115. The Morgan fingerprint density at radius 3 is 2.76 bits per heavy atom. The second kappa shape index (κ2) is 7.47. The second-order valence-corrected chi connectivity index (χ2v) is 4.80. The summed E-state index contributed by atoms with van der Waals surface area (Å²) in [4.78, 5) is 11.6. The first-order valence-electron chi connectivity index (χ1n) is 6.44. The van der Waals surface area contributed by atoms with Crippen molar-refractivity contribution in [3.05, 3.63) is 70.5 Å². The molecule has 2 rings (SSSR count). The third kappa shape index (κ3) is 4.94. The number of hydrogen-bond donors (Lipinski definition) is 1. The Balaban J connectivity index is 1.85. The minimum Gasteiger partial charge on any atom is -0.345 e. The molecule has 0 aliphatic rings. The highest BCUT2D eigenvalue weighted by atomic mass is 35.5. The van der Waals surface area contributed by atoms with E-state index in [9.17, 15) is 9.18 Å². The molecule has 0 fully saturated rings. The normalized spacial score (nSPS) is 9.62. The van der Waals surface area contributed by atoms with E-state index in [1.165, 1.54) is 12.1 Å². The van der Waals surface area contributed by atoms with Crippen LogP contribution in [-0.2, 0) is 11.2 Å². The van der Waals surface area contributed by atoms with Crippen LogP contribution >= 0.6 is 11.6 Å².